The number of benzene rings is 1. The fourth-order valence-corrected chi connectivity index (χ4v) is 3.12. The van der Waals surface area contributed by atoms with Gasteiger partial charge in [-0.2, -0.15) is 15.0 Å². The van der Waals surface area contributed by atoms with Gasteiger partial charge in [0.25, 0.3) is 0 Å². The molecule has 0 unspecified atom stereocenters. The van der Waals surface area contributed by atoms with Crippen molar-refractivity contribution in [3.63, 3.8) is 0 Å². The van der Waals surface area contributed by atoms with E-state index < -0.39 is 0 Å². The summed E-state index contributed by atoms with van der Waals surface area (Å²) >= 11 is 7.52. The Kier molecular flexibility index (Phi) is 4.57. The molecule has 1 aliphatic heterocycles. The van der Waals surface area contributed by atoms with Crippen LogP contribution in [0.15, 0.2) is 34.3 Å². The number of rotatable bonds is 3. The fourth-order valence-electron chi connectivity index (χ4n) is 2.06. The Balaban J connectivity index is 1.83. The summed E-state index contributed by atoms with van der Waals surface area (Å²) in [6.07, 6.45) is 0. The lowest BCUT2D eigenvalue weighted by molar-refractivity contribution is 0.122. The van der Waals surface area contributed by atoms with E-state index in [9.17, 15) is 0 Å². The molecular weight excluding hydrogens is 308 g/mol. The van der Waals surface area contributed by atoms with E-state index in [2.05, 4.69) is 38.9 Å². The van der Waals surface area contributed by atoms with Crippen LogP contribution in [0.3, 0.4) is 0 Å². The van der Waals surface area contributed by atoms with Gasteiger partial charge in [-0.1, -0.05) is 17.7 Å². The van der Waals surface area contributed by atoms with Crippen LogP contribution in [0.4, 0.5) is 5.95 Å². The van der Waals surface area contributed by atoms with E-state index in [4.69, 9.17) is 16.3 Å². The molecule has 0 atom stereocenters. The number of hydrogen-bond donors (Lipinski definition) is 0. The van der Waals surface area contributed by atoms with E-state index in [0.717, 1.165) is 18.0 Å². The SMILES string of the molecule is Cc1cccc(Sc2nc(Cl)nc(N3CCOCC3)n2)c1. The summed E-state index contributed by atoms with van der Waals surface area (Å²) in [6, 6.07) is 8.20. The molecule has 0 amide bonds. The number of ether oxygens (including phenoxy) is 1. The van der Waals surface area contributed by atoms with Gasteiger partial charge in [-0.15, -0.1) is 0 Å². The Morgan fingerprint density at radius 3 is 2.76 bits per heavy atom. The van der Waals surface area contributed by atoms with E-state index in [1.54, 1.807) is 0 Å². The first-order valence-corrected chi connectivity index (χ1v) is 7.89. The van der Waals surface area contributed by atoms with Crippen LogP contribution in [-0.2, 0) is 4.74 Å². The zero-order chi connectivity index (χ0) is 14.7. The zero-order valence-corrected chi connectivity index (χ0v) is 13.2. The molecule has 1 aliphatic rings. The second-order valence-electron chi connectivity index (χ2n) is 4.71. The van der Waals surface area contributed by atoms with Crippen molar-refractivity contribution in [3.8, 4) is 0 Å². The van der Waals surface area contributed by atoms with Crippen molar-refractivity contribution >= 4 is 29.3 Å². The topological polar surface area (TPSA) is 51.1 Å². The smallest absolute Gasteiger partial charge is 0.230 e. The van der Waals surface area contributed by atoms with Crippen LogP contribution in [0.1, 0.15) is 5.56 Å². The summed E-state index contributed by atoms with van der Waals surface area (Å²) in [4.78, 5) is 16.1. The Hall–Kier alpha value is -1.37. The van der Waals surface area contributed by atoms with Crippen molar-refractivity contribution in [2.75, 3.05) is 31.2 Å². The lowest BCUT2D eigenvalue weighted by Gasteiger charge is -2.26. The van der Waals surface area contributed by atoms with Crippen molar-refractivity contribution in [2.45, 2.75) is 17.0 Å². The van der Waals surface area contributed by atoms with Gasteiger partial charge < -0.3 is 9.64 Å². The van der Waals surface area contributed by atoms with Gasteiger partial charge in [-0.25, -0.2) is 0 Å². The van der Waals surface area contributed by atoms with E-state index in [1.807, 2.05) is 12.1 Å². The minimum absolute atomic E-state index is 0.224. The quantitative estimate of drug-likeness (QED) is 0.866. The second-order valence-corrected chi connectivity index (χ2v) is 6.08. The molecule has 1 aromatic carbocycles. The molecular formula is C14H15ClN4OS. The molecule has 0 bridgehead atoms. The second kappa shape index (κ2) is 6.60. The summed E-state index contributed by atoms with van der Waals surface area (Å²) < 4.78 is 5.34. The highest BCUT2D eigenvalue weighted by molar-refractivity contribution is 7.99. The largest absolute Gasteiger partial charge is 0.378 e. The molecule has 0 aliphatic carbocycles. The van der Waals surface area contributed by atoms with Crippen LogP contribution in [0.25, 0.3) is 0 Å². The molecule has 1 aromatic heterocycles. The zero-order valence-electron chi connectivity index (χ0n) is 11.6. The molecule has 3 rings (SSSR count). The van der Waals surface area contributed by atoms with Crippen LogP contribution < -0.4 is 4.90 Å². The molecule has 1 fully saturated rings. The lowest BCUT2D eigenvalue weighted by atomic mass is 10.2. The molecule has 0 spiro atoms. The van der Waals surface area contributed by atoms with E-state index in [0.29, 0.717) is 24.3 Å². The van der Waals surface area contributed by atoms with Crippen molar-refractivity contribution in [1.29, 1.82) is 0 Å². The highest BCUT2D eigenvalue weighted by Gasteiger charge is 2.16. The highest BCUT2D eigenvalue weighted by Crippen LogP contribution is 2.27. The molecule has 5 nitrogen and oxygen atoms in total. The first-order chi connectivity index (χ1) is 10.2. The van der Waals surface area contributed by atoms with Crippen molar-refractivity contribution < 1.29 is 4.74 Å². The normalized spacial score (nSPS) is 15.2. The standard InChI is InChI=1S/C14H15ClN4OS/c1-10-3-2-4-11(9-10)21-14-17-12(15)16-13(18-14)19-5-7-20-8-6-19/h2-4,9H,5-8H2,1H3. The van der Waals surface area contributed by atoms with Gasteiger partial charge in [0.1, 0.15) is 0 Å². The third-order valence-electron chi connectivity index (χ3n) is 3.07. The van der Waals surface area contributed by atoms with E-state index >= 15 is 0 Å². The number of halogens is 1. The lowest BCUT2D eigenvalue weighted by Crippen LogP contribution is -2.37. The van der Waals surface area contributed by atoms with Gasteiger partial charge in [-0.05, 0) is 42.4 Å². The van der Waals surface area contributed by atoms with Crippen LogP contribution in [0, 0.1) is 6.92 Å². The molecule has 0 N–H and O–H groups in total. The number of morpholine rings is 1. The van der Waals surface area contributed by atoms with Crippen molar-refractivity contribution in [3.05, 3.63) is 35.1 Å². The summed E-state index contributed by atoms with van der Waals surface area (Å²) in [7, 11) is 0. The number of hydrogen-bond acceptors (Lipinski definition) is 6. The van der Waals surface area contributed by atoms with Gasteiger partial charge in [0.15, 0.2) is 5.16 Å². The molecule has 0 radical (unpaired) electrons. The first-order valence-electron chi connectivity index (χ1n) is 6.69. The van der Waals surface area contributed by atoms with Gasteiger partial charge in [0.05, 0.1) is 13.2 Å². The van der Waals surface area contributed by atoms with Crippen LogP contribution >= 0.6 is 23.4 Å². The minimum atomic E-state index is 0.224. The molecule has 21 heavy (non-hydrogen) atoms. The van der Waals surface area contributed by atoms with Gasteiger partial charge >= 0.3 is 0 Å². The third-order valence-corrected chi connectivity index (χ3v) is 4.09. The Labute approximate surface area is 132 Å². The summed E-state index contributed by atoms with van der Waals surface area (Å²) in [6.45, 7) is 4.97. The maximum Gasteiger partial charge on any atom is 0.230 e. The summed E-state index contributed by atoms with van der Waals surface area (Å²) in [5.41, 5.74) is 1.20. The number of anilines is 1. The molecule has 7 heteroatoms. The minimum Gasteiger partial charge on any atom is -0.378 e. The molecule has 0 saturated carbocycles. The third kappa shape index (κ3) is 3.84. The number of nitrogens with zero attached hydrogens (tertiary/aromatic N) is 4. The van der Waals surface area contributed by atoms with E-state index in [1.165, 1.54) is 17.3 Å². The predicted molar refractivity (Wildman–Crippen MR) is 83.2 cm³/mol. The Bertz CT molecular complexity index is 634. The maximum absolute atomic E-state index is 6.03. The van der Waals surface area contributed by atoms with Crippen molar-refractivity contribution in [1.82, 2.24) is 15.0 Å². The number of aryl methyl sites for hydroxylation is 1. The monoisotopic (exact) mass is 322 g/mol. The van der Waals surface area contributed by atoms with Gasteiger partial charge in [0, 0.05) is 18.0 Å². The number of aromatic nitrogens is 3. The fraction of sp³-hybridized carbons (Fsp3) is 0.357. The van der Waals surface area contributed by atoms with Gasteiger partial charge in [0.2, 0.25) is 11.2 Å². The first kappa shape index (κ1) is 14.6. The van der Waals surface area contributed by atoms with Crippen LogP contribution in [-0.4, -0.2) is 41.3 Å². The molecule has 2 heterocycles. The summed E-state index contributed by atoms with van der Waals surface area (Å²) in [5.74, 6) is 0.619. The van der Waals surface area contributed by atoms with E-state index in [-0.39, 0.29) is 5.28 Å². The molecule has 2 aromatic rings. The summed E-state index contributed by atoms with van der Waals surface area (Å²) in [5, 5.41) is 0.837. The maximum atomic E-state index is 6.03. The highest BCUT2D eigenvalue weighted by atomic mass is 35.5. The van der Waals surface area contributed by atoms with Crippen molar-refractivity contribution in [2.24, 2.45) is 0 Å². The van der Waals surface area contributed by atoms with Crippen LogP contribution in [0.2, 0.25) is 5.28 Å². The average molecular weight is 323 g/mol. The Morgan fingerprint density at radius 1 is 1.19 bits per heavy atom. The molecule has 1 saturated heterocycles. The molecule has 110 valence electrons. The Morgan fingerprint density at radius 2 is 2.00 bits per heavy atom. The average Bonchev–Trinajstić information content (AvgIpc) is 2.47. The van der Waals surface area contributed by atoms with Gasteiger partial charge in [-0.3, -0.25) is 0 Å². The van der Waals surface area contributed by atoms with Crippen LogP contribution in [0.5, 0.6) is 0 Å². The predicted octanol–water partition coefficient (Wildman–Crippen LogP) is 2.82.